The van der Waals surface area contributed by atoms with E-state index in [2.05, 4.69) is 48.5 Å². The number of hydrogen-bond donors (Lipinski definition) is 0. The first-order valence-corrected chi connectivity index (χ1v) is 10.8. The summed E-state index contributed by atoms with van der Waals surface area (Å²) in [6, 6.07) is 26.9. The molecular formula is C27H29NO2. The molecule has 4 rings (SSSR count). The smallest absolute Gasteiger partial charge is 0.257 e. The van der Waals surface area contributed by atoms with Crippen molar-refractivity contribution in [2.75, 3.05) is 20.2 Å². The minimum atomic E-state index is 0.0856. The average molecular weight is 400 g/mol. The lowest BCUT2D eigenvalue weighted by Gasteiger charge is -2.32. The summed E-state index contributed by atoms with van der Waals surface area (Å²) in [5.41, 5.74) is 4.58. The molecule has 30 heavy (non-hydrogen) atoms. The fourth-order valence-electron chi connectivity index (χ4n) is 4.28. The molecule has 0 N–H and O–H groups in total. The molecular weight excluding hydrogens is 370 g/mol. The Morgan fingerprint density at radius 1 is 0.867 bits per heavy atom. The summed E-state index contributed by atoms with van der Waals surface area (Å²) < 4.78 is 5.36. The van der Waals surface area contributed by atoms with Crippen LogP contribution in [-0.4, -0.2) is 31.0 Å². The highest BCUT2D eigenvalue weighted by atomic mass is 16.5. The van der Waals surface area contributed by atoms with Crippen molar-refractivity contribution in [3.05, 3.63) is 90.0 Å². The molecule has 0 aliphatic carbocycles. The van der Waals surface area contributed by atoms with Gasteiger partial charge in [-0.05, 0) is 60.4 Å². The zero-order valence-corrected chi connectivity index (χ0v) is 17.6. The Labute approximate surface area is 179 Å². The van der Waals surface area contributed by atoms with Crippen molar-refractivity contribution in [1.82, 2.24) is 4.90 Å². The van der Waals surface area contributed by atoms with Gasteiger partial charge in [-0.25, -0.2) is 0 Å². The first-order chi connectivity index (χ1) is 14.7. The quantitative estimate of drug-likeness (QED) is 0.520. The van der Waals surface area contributed by atoms with Crippen LogP contribution in [0.5, 0.6) is 5.75 Å². The minimum Gasteiger partial charge on any atom is -0.496 e. The predicted molar refractivity (Wildman–Crippen MR) is 122 cm³/mol. The van der Waals surface area contributed by atoms with E-state index in [9.17, 15) is 4.79 Å². The first-order valence-electron chi connectivity index (χ1n) is 10.8. The largest absolute Gasteiger partial charge is 0.496 e. The van der Waals surface area contributed by atoms with Crippen molar-refractivity contribution >= 4 is 5.91 Å². The van der Waals surface area contributed by atoms with E-state index < -0.39 is 0 Å². The highest BCUT2D eigenvalue weighted by Crippen LogP contribution is 2.26. The average Bonchev–Trinajstić information content (AvgIpc) is 2.83. The van der Waals surface area contributed by atoms with Gasteiger partial charge in [-0.1, -0.05) is 66.7 Å². The number of para-hydroxylation sites is 1. The number of methoxy groups -OCH3 is 1. The number of ether oxygens (including phenoxy) is 1. The Kier molecular flexibility index (Phi) is 6.48. The molecule has 3 heteroatoms. The third-order valence-corrected chi connectivity index (χ3v) is 6.14. The lowest BCUT2D eigenvalue weighted by molar-refractivity contribution is 0.0683. The number of amides is 1. The van der Waals surface area contributed by atoms with Crippen LogP contribution in [0.2, 0.25) is 0 Å². The number of piperidine rings is 1. The third kappa shape index (κ3) is 4.73. The van der Waals surface area contributed by atoms with Crippen molar-refractivity contribution in [3.63, 3.8) is 0 Å². The van der Waals surface area contributed by atoms with Gasteiger partial charge in [0, 0.05) is 13.1 Å². The topological polar surface area (TPSA) is 29.5 Å². The second kappa shape index (κ2) is 9.62. The van der Waals surface area contributed by atoms with Gasteiger partial charge >= 0.3 is 0 Å². The first kappa shape index (κ1) is 20.2. The van der Waals surface area contributed by atoms with Crippen LogP contribution in [0.25, 0.3) is 11.1 Å². The van der Waals surface area contributed by atoms with Crippen LogP contribution in [0.15, 0.2) is 78.9 Å². The van der Waals surface area contributed by atoms with Crippen LogP contribution in [0.4, 0.5) is 0 Å². The Morgan fingerprint density at radius 3 is 2.20 bits per heavy atom. The number of nitrogens with zero attached hydrogens (tertiary/aromatic N) is 1. The molecule has 1 amide bonds. The molecule has 0 spiro atoms. The summed E-state index contributed by atoms with van der Waals surface area (Å²) in [6.45, 7) is 1.66. The summed E-state index contributed by atoms with van der Waals surface area (Å²) >= 11 is 0. The molecule has 0 unspecified atom stereocenters. The zero-order chi connectivity index (χ0) is 20.8. The van der Waals surface area contributed by atoms with Crippen molar-refractivity contribution < 1.29 is 9.53 Å². The van der Waals surface area contributed by atoms with Crippen LogP contribution in [0, 0.1) is 5.92 Å². The molecule has 1 fully saturated rings. The molecule has 0 bridgehead atoms. The number of carbonyl (C=O) groups is 1. The van der Waals surface area contributed by atoms with Gasteiger partial charge in [0.25, 0.3) is 5.91 Å². The van der Waals surface area contributed by atoms with Crippen LogP contribution in [-0.2, 0) is 6.42 Å². The number of hydrogen-bond acceptors (Lipinski definition) is 2. The molecule has 1 aliphatic heterocycles. The second-order valence-electron chi connectivity index (χ2n) is 8.04. The molecule has 3 nitrogen and oxygen atoms in total. The lowest BCUT2D eigenvalue weighted by atomic mass is 9.90. The zero-order valence-electron chi connectivity index (χ0n) is 17.6. The number of benzene rings is 3. The van der Waals surface area contributed by atoms with Crippen molar-refractivity contribution in [1.29, 1.82) is 0 Å². The number of rotatable bonds is 6. The van der Waals surface area contributed by atoms with Gasteiger partial charge in [0.05, 0.1) is 12.7 Å². The van der Waals surface area contributed by atoms with Crippen LogP contribution < -0.4 is 4.74 Å². The summed E-state index contributed by atoms with van der Waals surface area (Å²) in [6.07, 6.45) is 4.42. The Hall–Kier alpha value is -3.07. The Balaban J connectivity index is 1.27. The van der Waals surface area contributed by atoms with Gasteiger partial charge in [-0.15, -0.1) is 0 Å². The highest BCUT2D eigenvalue weighted by molar-refractivity contribution is 5.97. The van der Waals surface area contributed by atoms with Gasteiger partial charge in [-0.2, -0.15) is 0 Å². The third-order valence-electron chi connectivity index (χ3n) is 6.14. The Morgan fingerprint density at radius 2 is 1.50 bits per heavy atom. The van der Waals surface area contributed by atoms with Crippen molar-refractivity contribution in [2.45, 2.75) is 25.7 Å². The summed E-state index contributed by atoms with van der Waals surface area (Å²) in [7, 11) is 1.62. The van der Waals surface area contributed by atoms with E-state index >= 15 is 0 Å². The van der Waals surface area contributed by atoms with Gasteiger partial charge < -0.3 is 9.64 Å². The van der Waals surface area contributed by atoms with Crippen molar-refractivity contribution in [3.8, 4) is 16.9 Å². The molecule has 0 radical (unpaired) electrons. The monoisotopic (exact) mass is 399 g/mol. The van der Waals surface area contributed by atoms with E-state index in [4.69, 9.17) is 4.74 Å². The maximum absolute atomic E-state index is 12.9. The van der Waals surface area contributed by atoms with E-state index in [-0.39, 0.29) is 5.91 Å². The molecule has 3 aromatic carbocycles. The molecule has 1 heterocycles. The van der Waals surface area contributed by atoms with Gasteiger partial charge in [0.2, 0.25) is 0 Å². The minimum absolute atomic E-state index is 0.0856. The molecule has 1 aliphatic rings. The van der Waals surface area contributed by atoms with E-state index in [1.165, 1.54) is 23.1 Å². The van der Waals surface area contributed by atoms with Crippen LogP contribution in [0.1, 0.15) is 35.2 Å². The van der Waals surface area contributed by atoms with Gasteiger partial charge in [-0.3, -0.25) is 4.79 Å². The molecule has 0 aromatic heterocycles. The molecule has 3 aromatic rings. The Bertz CT molecular complexity index is 958. The van der Waals surface area contributed by atoms with Crippen LogP contribution in [0.3, 0.4) is 0 Å². The number of likely N-dealkylation sites (tertiary alicyclic amines) is 1. The fourth-order valence-corrected chi connectivity index (χ4v) is 4.28. The number of carbonyl (C=O) groups excluding carboxylic acids is 1. The standard InChI is InChI=1S/C27H29NO2/c1-30-26-10-6-5-9-25(26)27(29)28-19-17-22(18-20-28)12-11-21-13-15-24(16-14-21)23-7-3-2-4-8-23/h2-10,13-16,22H,11-12,17-20H2,1H3. The summed E-state index contributed by atoms with van der Waals surface area (Å²) in [4.78, 5) is 14.8. The van der Waals surface area contributed by atoms with Crippen molar-refractivity contribution in [2.24, 2.45) is 5.92 Å². The fraction of sp³-hybridized carbons (Fsp3) is 0.296. The summed E-state index contributed by atoms with van der Waals surface area (Å²) in [5.74, 6) is 1.42. The molecule has 0 atom stereocenters. The van der Waals surface area contributed by atoms with E-state index in [0.717, 1.165) is 32.4 Å². The lowest BCUT2D eigenvalue weighted by Crippen LogP contribution is -2.38. The SMILES string of the molecule is COc1ccccc1C(=O)N1CCC(CCc2ccc(-c3ccccc3)cc2)CC1. The highest BCUT2D eigenvalue weighted by Gasteiger charge is 2.25. The molecule has 0 saturated carbocycles. The van der Waals surface area contributed by atoms with Crippen LogP contribution >= 0.6 is 0 Å². The molecule has 1 saturated heterocycles. The predicted octanol–water partition coefficient (Wildman–Crippen LogP) is 5.85. The van der Waals surface area contributed by atoms with E-state index in [1.54, 1.807) is 7.11 Å². The maximum atomic E-state index is 12.9. The van der Waals surface area contributed by atoms with Gasteiger partial charge in [0.1, 0.15) is 5.75 Å². The number of aryl methyl sites for hydroxylation is 1. The second-order valence-corrected chi connectivity index (χ2v) is 8.04. The van der Waals surface area contributed by atoms with E-state index in [1.807, 2.05) is 35.2 Å². The molecule has 154 valence electrons. The van der Waals surface area contributed by atoms with Gasteiger partial charge in [0.15, 0.2) is 0 Å². The summed E-state index contributed by atoms with van der Waals surface area (Å²) in [5, 5.41) is 0. The van der Waals surface area contributed by atoms with E-state index in [0.29, 0.717) is 17.2 Å². The normalized spacial score (nSPS) is 14.5. The maximum Gasteiger partial charge on any atom is 0.257 e.